The van der Waals surface area contributed by atoms with Crippen LogP contribution in [0.4, 0.5) is 11.4 Å². The van der Waals surface area contributed by atoms with Gasteiger partial charge in [0.25, 0.3) is 0 Å². The molecule has 106 valence electrons. The first kappa shape index (κ1) is 13.4. The number of rotatable bonds is 2. The van der Waals surface area contributed by atoms with Gasteiger partial charge in [-0.3, -0.25) is 9.59 Å². The summed E-state index contributed by atoms with van der Waals surface area (Å²) in [5.74, 6) is -0.0642. The van der Waals surface area contributed by atoms with Gasteiger partial charge in [0, 0.05) is 29.5 Å². The van der Waals surface area contributed by atoms with Crippen LogP contribution in [0.15, 0.2) is 36.4 Å². The number of nitrogens with two attached hydrogens (primary N) is 1. The summed E-state index contributed by atoms with van der Waals surface area (Å²) in [5, 5.41) is 0. The molecule has 0 saturated carbocycles. The van der Waals surface area contributed by atoms with Gasteiger partial charge < -0.3 is 10.6 Å². The second-order valence-electron chi connectivity index (χ2n) is 5.39. The number of fused-ring (bicyclic) bond motifs is 1. The van der Waals surface area contributed by atoms with E-state index in [0.29, 0.717) is 23.2 Å². The molecule has 1 aliphatic heterocycles. The number of ketones is 1. The number of likely N-dealkylation sites (N-methyl/N-ethyl adjacent to an activating group) is 1. The molecule has 0 bridgehead atoms. The molecular formula is C17H16N2O2. The highest BCUT2D eigenvalue weighted by molar-refractivity contribution is 6.13. The zero-order chi connectivity index (χ0) is 15.1. The van der Waals surface area contributed by atoms with Gasteiger partial charge in [-0.2, -0.15) is 0 Å². The quantitative estimate of drug-likeness (QED) is 0.678. The number of nitrogen functional groups attached to an aromatic ring is 1. The van der Waals surface area contributed by atoms with Crippen LogP contribution in [-0.2, 0) is 11.2 Å². The number of carbonyl (C=O) groups excluding carboxylic acids is 2. The first-order valence-electron chi connectivity index (χ1n) is 6.77. The summed E-state index contributed by atoms with van der Waals surface area (Å²) >= 11 is 0. The summed E-state index contributed by atoms with van der Waals surface area (Å²) < 4.78 is 0. The molecule has 2 aromatic carbocycles. The summed E-state index contributed by atoms with van der Waals surface area (Å²) in [7, 11) is 1.74. The summed E-state index contributed by atoms with van der Waals surface area (Å²) in [5.41, 5.74) is 10.2. The van der Waals surface area contributed by atoms with Gasteiger partial charge in [0.05, 0.1) is 6.42 Å². The molecule has 0 aromatic heterocycles. The first-order chi connectivity index (χ1) is 9.97. The third-order valence-electron chi connectivity index (χ3n) is 3.87. The molecular weight excluding hydrogens is 264 g/mol. The molecule has 4 heteroatoms. The van der Waals surface area contributed by atoms with Crippen molar-refractivity contribution < 1.29 is 9.59 Å². The lowest BCUT2D eigenvalue weighted by atomic mass is 9.98. The van der Waals surface area contributed by atoms with Crippen molar-refractivity contribution in [3.8, 4) is 0 Å². The Balaban J connectivity index is 2.02. The van der Waals surface area contributed by atoms with Crippen molar-refractivity contribution in [1.29, 1.82) is 0 Å². The van der Waals surface area contributed by atoms with Crippen LogP contribution in [0.1, 0.15) is 27.0 Å². The van der Waals surface area contributed by atoms with Crippen molar-refractivity contribution in [3.05, 3.63) is 58.7 Å². The summed E-state index contributed by atoms with van der Waals surface area (Å²) in [4.78, 5) is 25.9. The van der Waals surface area contributed by atoms with Crippen molar-refractivity contribution in [2.75, 3.05) is 17.7 Å². The largest absolute Gasteiger partial charge is 0.398 e. The third-order valence-corrected chi connectivity index (χ3v) is 3.87. The van der Waals surface area contributed by atoms with Crippen LogP contribution in [0.3, 0.4) is 0 Å². The molecule has 0 saturated heterocycles. The number of hydrogen-bond donors (Lipinski definition) is 1. The Hall–Kier alpha value is -2.62. The predicted octanol–water partition coefficient (Wildman–Crippen LogP) is 2.33. The minimum absolute atomic E-state index is 0.0460. The topological polar surface area (TPSA) is 63.4 Å². The van der Waals surface area contributed by atoms with Crippen molar-refractivity contribution in [2.45, 2.75) is 13.3 Å². The second-order valence-corrected chi connectivity index (χ2v) is 5.39. The van der Waals surface area contributed by atoms with E-state index >= 15 is 0 Å². The average molecular weight is 280 g/mol. The lowest BCUT2D eigenvalue weighted by Gasteiger charge is -2.11. The number of aryl methyl sites for hydroxylation is 1. The smallest absolute Gasteiger partial charge is 0.231 e. The highest BCUT2D eigenvalue weighted by Crippen LogP contribution is 2.29. The van der Waals surface area contributed by atoms with Gasteiger partial charge in [0.1, 0.15) is 0 Å². The van der Waals surface area contributed by atoms with Crippen LogP contribution in [0.2, 0.25) is 0 Å². The van der Waals surface area contributed by atoms with Crippen LogP contribution < -0.4 is 10.6 Å². The number of hydrogen-bond acceptors (Lipinski definition) is 3. The average Bonchev–Trinajstić information content (AvgIpc) is 2.75. The molecule has 3 rings (SSSR count). The van der Waals surface area contributed by atoms with Gasteiger partial charge in [-0.05, 0) is 42.8 Å². The van der Waals surface area contributed by atoms with E-state index in [1.165, 1.54) is 0 Å². The lowest BCUT2D eigenvalue weighted by molar-refractivity contribution is -0.117. The van der Waals surface area contributed by atoms with E-state index in [4.69, 9.17) is 5.73 Å². The van der Waals surface area contributed by atoms with Gasteiger partial charge >= 0.3 is 0 Å². The molecule has 0 spiro atoms. The number of amides is 1. The van der Waals surface area contributed by atoms with Crippen LogP contribution >= 0.6 is 0 Å². The van der Waals surface area contributed by atoms with Crippen LogP contribution in [0.5, 0.6) is 0 Å². The predicted molar refractivity (Wildman–Crippen MR) is 82.6 cm³/mol. The molecule has 0 aliphatic carbocycles. The molecule has 4 nitrogen and oxygen atoms in total. The van der Waals surface area contributed by atoms with Crippen LogP contribution in [-0.4, -0.2) is 18.7 Å². The maximum Gasteiger partial charge on any atom is 0.231 e. The fourth-order valence-corrected chi connectivity index (χ4v) is 2.63. The Labute approximate surface area is 123 Å². The van der Waals surface area contributed by atoms with Crippen molar-refractivity contribution in [2.24, 2.45) is 0 Å². The fraction of sp³-hybridized carbons (Fsp3) is 0.176. The van der Waals surface area contributed by atoms with Crippen molar-refractivity contribution >= 4 is 23.1 Å². The van der Waals surface area contributed by atoms with E-state index in [1.807, 2.05) is 19.1 Å². The summed E-state index contributed by atoms with van der Waals surface area (Å²) in [6, 6.07) is 10.8. The van der Waals surface area contributed by atoms with E-state index in [-0.39, 0.29) is 11.7 Å². The number of benzene rings is 2. The van der Waals surface area contributed by atoms with E-state index < -0.39 is 0 Å². The monoisotopic (exact) mass is 280 g/mol. The molecule has 2 aromatic rings. The van der Waals surface area contributed by atoms with Gasteiger partial charge in [-0.1, -0.05) is 11.6 Å². The fourth-order valence-electron chi connectivity index (χ4n) is 2.63. The Morgan fingerprint density at radius 2 is 1.95 bits per heavy atom. The highest BCUT2D eigenvalue weighted by Gasteiger charge is 2.25. The Morgan fingerprint density at radius 1 is 1.19 bits per heavy atom. The normalized spacial score (nSPS) is 13.4. The van der Waals surface area contributed by atoms with Gasteiger partial charge in [-0.15, -0.1) is 0 Å². The molecule has 1 amide bonds. The Bertz CT molecular complexity index is 765. The number of nitrogens with zero attached hydrogens (tertiary/aromatic N) is 1. The maximum absolute atomic E-state index is 12.6. The Kier molecular flexibility index (Phi) is 3.01. The van der Waals surface area contributed by atoms with Crippen molar-refractivity contribution in [1.82, 2.24) is 0 Å². The minimum atomic E-state index is -0.110. The lowest BCUT2D eigenvalue weighted by Crippen LogP contribution is -2.20. The van der Waals surface area contributed by atoms with Crippen LogP contribution in [0.25, 0.3) is 0 Å². The van der Waals surface area contributed by atoms with E-state index in [2.05, 4.69) is 0 Å². The molecule has 1 heterocycles. The standard InChI is InChI=1S/C17H16N2O2/c1-10-3-5-14(18)13(7-10)17(21)11-4-6-15-12(8-11)9-16(20)19(15)2/h3-8H,9,18H2,1-2H3. The van der Waals surface area contributed by atoms with Crippen LogP contribution in [0, 0.1) is 6.92 Å². The maximum atomic E-state index is 12.6. The summed E-state index contributed by atoms with van der Waals surface area (Å²) in [6.45, 7) is 1.92. The molecule has 1 aliphatic rings. The van der Waals surface area contributed by atoms with Gasteiger partial charge in [0.15, 0.2) is 5.78 Å². The van der Waals surface area contributed by atoms with E-state index in [0.717, 1.165) is 16.8 Å². The number of carbonyl (C=O) groups is 2. The molecule has 0 atom stereocenters. The molecule has 0 radical (unpaired) electrons. The third kappa shape index (κ3) is 2.18. The van der Waals surface area contributed by atoms with E-state index in [9.17, 15) is 9.59 Å². The van der Waals surface area contributed by atoms with Gasteiger partial charge in [-0.25, -0.2) is 0 Å². The van der Waals surface area contributed by atoms with Crippen molar-refractivity contribution in [3.63, 3.8) is 0 Å². The molecule has 21 heavy (non-hydrogen) atoms. The summed E-state index contributed by atoms with van der Waals surface area (Å²) in [6.07, 6.45) is 0.344. The minimum Gasteiger partial charge on any atom is -0.398 e. The van der Waals surface area contributed by atoms with E-state index in [1.54, 1.807) is 36.2 Å². The number of anilines is 2. The van der Waals surface area contributed by atoms with Gasteiger partial charge in [0.2, 0.25) is 5.91 Å². The highest BCUT2D eigenvalue weighted by atomic mass is 16.2. The SMILES string of the molecule is Cc1ccc(N)c(C(=O)c2ccc3c(c2)CC(=O)N3C)c1. The Morgan fingerprint density at radius 3 is 2.71 bits per heavy atom. The zero-order valence-corrected chi connectivity index (χ0v) is 12.0. The molecule has 0 unspecified atom stereocenters. The molecule has 0 fully saturated rings. The zero-order valence-electron chi connectivity index (χ0n) is 12.0. The second kappa shape index (κ2) is 4.74. The first-order valence-corrected chi connectivity index (χ1v) is 6.77. The molecule has 2 N–H and O–H groups in total.